The first-order chi connectivity index (χ1) is 26.7. The minimum atomic E-state index is 1.23. The molecule has 12 aromatic rings. The van der Waals surface area contributed by atoms with E-state index in [0.717, 1.165) is 0 Å². The molecule has 0 unspecified atom stereocenters. The van der Waals surface area contributed by atoms with Crippen molar-refractivity contribution in [3.8, 4) is 33.4 Å². The van der Waals surface area contributed by atoms with Gasteiger partial charge in [0.15, 0.2) is 0 Å². The molecule has 0 aliphatic rings. The van der Waals surface area contributed by atoms with E-state index in [1.807, 2.05) is 22.7 Å². The van der Waals surface area contributed by atoms with Crippen LogP contribution in [0.25, 0.3) is 117 Å². The van der Waals surface area contributed by atoms with Crippen LogP contribution in [0.15, 0.2) is 182 Å². The zero-order valence-electron chi connectivity index (χ0n) is 29.1. The minimum Gasteiger partial charge on any atom is -0.135 e. The van der Waals surface area contributed by atoms with E-state index < -0.39 is 0 Å². The molecule has 2 aromatic heterocycles. The molecule has 0 spiro atoms. The van der Waals surface area contributed by atoms with E-state index in [-0.39, 0.29) is 0 Å². The maximum absolute atomic E-state index is 2.45. The second kappa shape index (κ2) is 11.6. The second-order valence-electron chi connectivity index (χ2n) is 14.4. The van der Waals surface area contributed by atoms with Crippen LogP contribution in [0.2, 0.25) is 0 Å². The van der Waals surface area contributed by atoms with Gasteiger partial charge < -0.3 is 0 Å². The molecule has 0 saturated heterocycles. The van der Waals surface area contributed by atoms with Crippen molar-refractivity contribution in [2.24, 2.45) is 0 Å². The average Bonchev–Trinajstić information content (AvgIpc) is 3.79. The van der Waals surface area contributed by atoms with Gasteiger partial charge in [0.05, 0.1) is 0 Å². The third-order valence-electron chi connectivity index (χ3n) is 11.4. The first-order valence-corrected chi connectivity index (χ1v) is 20.1. The van der Waals surface area contributed by atoms with Crippen molar-refractivity contribution in [3.05, 3.63) is 182 Å². The monoisotopic (exact) mass is 718 g/mol. The lowest BCUT2D eigenvalue weighted by Crippen LogP contribution is -1.91. The molecule has 2 heterocycles. The van der Waals surface area contributed by atoms with E-state index in [0.29, 0.717) is 0 Å². The summed E-state index contributed by atoms with van der Waals surface area (Å²) in [5.74, 6) is 0. The molecular weight excluding hydrogens is 689 g/mol. The number of hydrogen-bond acceptors (Lipinski definition) is 2. The Morgan fingerprint density at radius 1 is 0.241 bits per heavy atom. The molecule has 0 bridgehead atoms. The van der Waals surface area contributed by atoms with Crippen LogP contribution in [0, 0.1) is 0 Å². The smallest absolute Gasteiger partial charge is 0.0361 e. The quantitative estimate of drug-likeness (QED) is 0.160. The van der Waals surface area contributed by atoms with Crippen LogP contribution in [0.5, 0.6) is 0 Å². The summed E-state index contributed by atoms with van der Waals surface area (Å²) >= 11 is 3.79. The van der Waals surface area contributed by atoms with E-state index in [1.165, 1.54) is 117 Å². The van der Waals surface area contributed by atoms with Gasteiger partial charge in [-0.25, -0.2) is 0 Å². The Balaban J connectivity index is 1.00. The van der Waals surface area contributed by atoms with Crippen molar-refractivity contribution in [2.45, 2.75) is 0 Å². The highest BCUT2D eigenvalue weighted by molar-refractivity contribution is 7.26. The summed E-state index contributed by atoms with van der Waals surface area (Å²) in [5, 5.41) is 15.7. The van der Waals surface area contributed by atoms with Crippen LogP contribution in [-0.2, 0) is 0 Å². The molecule has 0 fully saturated rings. The fourth-order valence-corrected chi connectivity index (χ4v) is 11.2. The average molecular weight is 719 g/mol. The maximum atomic E-state index is 2.45. The number of thiophene rings is 2. The summed E-state index contributed by atoms with van der Waals surface area (Å²) in [5.41, 5.74) is 7.54. The van der Waals surface area contributed by atoms with E-state index >= 15 is 0 Å². The number of hydrogen-bond donors (Lipinski definition) is 0. The van der Waals surface area contributed by atoms with Gasteiger partial charge >= 0.3 is 0 Å². The lowest BCUT2D eigenvalue weighted by molar-refractivity contribution is 1.63. The summed E-state index contributed by atoms with van der Waals surface area (Å²) in [4.78, 5) is 0. The molecule has 0 aliphatic heterocycles. The number of benzene rings is 10. The third kappa shape index (κ3) is 4.48. The van der Waals surface area contributed by atoms with Crippen molar-refractivity contribution >= 4 is 106 Å². The molecule has 0 amide bonds. The Bertz CT molecular complexity index is 3430. The van der Waals surface area contributed by atoms with Gasteiger partial charge in [-0.2, -0.15) is 0 Å². The van der Waals surface area contributed by atoms with Gasteiger partial charge in [-0.1, -0.05) is 140 Å². The highest BCUT2D eigenvalue weighted by Gasteiger charge is 2.18. The Morgan fingerprint density at radius 2 is 0.759 bits per heavy atom. The molecule has 54 heavy (non-hydrogen) atoms. The van der Waals surface area contributed by atoms with Crippen LogP contribution >= 0.6 is 22.7 Å². The summed E-state index contributed by atoms with van der Waals surface area (Å²) in [6.45, 7) is 0. The molecular formula is C52H30S2. The van der Waals surface area contributed by atoms with Crippen molar-refractivity contribution < 1.29 is 0 Å². The van der Waals surface area contributed by atoms with E-state index in [2.05, 4.69) is 182 Å². The van der Waals surface area contributed by atoms with Gasteiger partial charge in [-0.05, 0) is 119 Å². The second-order valence-corrected chi connectivity index (χ2v) is 16.6. The van der Waals surface area contributed by atoms with Gasteiger partial charge in [0, 0.05) is 40.3 Å². The fraction of sp³-hybridized carbons (Fsp3) is 0. The van der Waals surface area contributed by atoms with Crippen molar-refractivity contribution in [1.82, 2.24) is 0 Å². The first-order valence-electron chi connectivity index (χ1n) is 18.5. The highest BCUT2D eigenvalue weighted by atomic mass is 32.1. The predicted octanol–water partition coefficient (Wildman–Crippen LogP) is 16.0. The third-order valence-corrected chi connectivity index (χ3v) is 13.7. The normalized spacial score (nSPS) is 12.1. The van der Waals surface area contributed by atoms with Gasteiger partial charge in [0.25, 0.3) is 0 Å². The fourth-order valence-electron chi connectivity index (χ4n) is 8.92. The van der Waals surface area contributed by atoms with Gasteiger partial charge in [0.2, 0.25) is 0 Å². The molecule has 0 nitrogen and oxygen atoms in total. The first kappa shape index (κ1) is 30.2. The predicted molar refractivity (Wildman–Crippen MR) is 239 cm³/mol. The topological polar surface area (TPSA) is 0 Å². The zero-order chi connectivity index (χ0) is 35.3. The van der Waals surface area contributed by atoms with Gasteiger partial charge in [0.1, 0.15) is 0 Å². The standard InChI is InChI=1S/C52H30S2/c1-2-10-34-27-37(22-19-31(34)9-1)51-40-13-5-3-11-38(40)50(39-12-4-6-14-41(39)51)33-20-17-32(18-21-33)35-23-25-47-44(28-35)45-30-43-36(29-49(45)54-47)24-26-48-52(43)42-15-7-8-16-46(42)53-48/h1-30H. The molecule has 12 rings (SSSR count). The molecule has 250 valence electrons. The largest absolute Gasteiger partial charge is 0.135 e. The van der Waals surface area contributed by atoms with Crippen molar-refractivity contribution in [3.63, 3.8) is 0 Å². The summed E-state index contributed by atoms with van der Waals surface area (Å²) in [7, 11) is 0. The lowest BCUT2D eigenvalue weighted by atomic mass is 9.85. The summed E-state index contributed by atoms with van der Waals surface area (Å²) < 4.78 is 5.38. The van der Waals surface area contributed by atoms with Crippen molar-refractivity contribution in [2.75, 3.05) is 0 Å². The lowest BCUT2D eigenvalue weighted by Gasteiger charge is -2.18. The SMILES string of the molecule is c1ccc2cc(-c3c4ccccc4c(-c4ccc(-c5ccc6sc7cc8ccc9sc%10ccccc%10c9c8cc7c6c5)cc4)c4ccccc34)ccc2c1. The van der Waals surface area contributed by atoms with E-state index in [1.54, 1.807) is 0 Å². The Kier molecular flexibility index (Phi) is 6.48. The Morgan fingerprint density at radius 3 is 1.52 bits per heavy atom. The molecule has 2 heteroatoms. The molecule has 0 radical (unpaired) electrons. The summed E-state index contributed by atoms with van der Waals surface area (Å²) in [6, 6.07) is 67.9. The van der Waals surface area contributed by atoms with Crippen LogP contribution in [0.4, 0.5) is 0 Å². The van der Waals surface area contributed by atoms with Crippen LogP contribution in [0.1, 0.15) is 0 Å². The maximum Gasteiger partial charge on any atom is 0.0361 e. The van der Waals surface area contributed by atoms with Gasteiger partial charge in [-0.15, -0.1) is 22.7 Å². The number of rotatable bonds is 3. The number of fused-ring (bicyclic) bond motifs is 11. The molecule has 0 atom stereocenters. The van der Waals surface area contributed by atoms with Crippen LogP contribution < -0.4 is 0 Å². The highest BCUT2D eigenvalue weighted by Crippen LogP contribution is 2.46. The van der Waals surface area contributed by atoms with Gasteiger partial charge in [-0.3, -0.25) is 0 Å². The summed E-state index contributed by atoms with van der Waals surface area (Å²) in [6.07, 6.45) is 0. The van der Waals surface area contributed by atoms with Crippen molar-refractivity contribution in [1.29, 1.82) is 0 Å². The molecule has 10 aromatic carbocycles. The molecule has 0 N–H and O–H groups in total. The Labute approximate surface area is 319 Å². The molecule has 0 saturated carbocycles. The molecule has 0 aliphatic carbocycles. The zero-order valence-corrected chi connectivity index (χ0v) is 30.8. The Hall–Kier alpha value is -6.32. The minimum absolute atomic E-state index is 1.23. The van der Waals surface area contributed by atoms with E-state index in [4.69, 9.17) is 0 Å². The van der Waals surface area contributed by atoms with E-state index in [9.17, 15) is 0 Å². The van der Waals surface area contributed by atoms with Crippen LogP contribution in [-0.4, -0.2) is 0 Å². The van der Waals surface area contributed by atoms with Crippen LogP contribution in [0.3, 0.4) is 0 Å².